The summed E-state index contributed by atoms with van der Waals surface area (Å²) in [5.41, 5.74) is 3.20. The molecule has 0 aliphatic heterocycles. The number of benzene rings is 1. The minimum atomic E-state index is -0.487. The molecular formula is C13H11FN2S. The van der Waals surface area contributed by atoms with Crippen LogP contribution in [0.4, 0.5) is 10.1 Å². The highest BCUT2D eigenvalue weighted by atomic mass is 32.1. The number of rotatable bonds is 3. The monoisotopic (exact) mass is 246 g/mol. The smallest absolute Gasteiger partial charge is 0.143 e. The van der Waals surface area contributed by atoms with Gasteiger partial charge in [-0.05, 0) is 47.0 Å². The topological polar surface area (TPSA) is 35.8 Å². The van der Waals surface area contributed by atoms with Crippen molar-refractivity contribution in [3.05, 3.63) is 51.5 Å². The standard InChI is InChI=1S/C13H11FN2S/c1-9-7-17-8-11(9)6-16-12-3-2-10(5-15)13(14)4-12/h2-4,7-8,16H,6H2,1H3. The molecule has 0 amide bonds. The predicted molar refractivity (Wildman–Crippen MR) is 67.5 cm³/mol. The van der Waals surface area contributed by atoms with Crippen molar-refractivity contribution in [1.29, 1.82) is 5.26 Å². The van der Waals surface area contributed by atoms with E-state index in [1.165, 1.54) is 23.3 Å². The van der Waals surface area contributed by atoms with E-state index in [-0.39, 0.29) is 5.56 Å². The van der Waals surface area contributed by atoms with E-state index in [2.05, 4.69) is 16.1 Å². The third kappa shape index (κ3) is 2.63. The van der Waals surface area contributed by atoms with Crippen LogP contribution in [0, 0.1) is 24.1 Å². The number of hydrogen-bond acceptors (Lipinski definition) is 3. The summed E-state index contributed by atoms with van der Waals surface area (Å²) in [7, 11) is 0. The summed E-state index contributed by atoms with van der Waals surface area (Å²) in [5.74, 6) is -0.487. The van der Waals surface area contributed by atoms with Crippen molar-refractivity contribution in [2.75, 3.05) is 5.32 Å². The van der Waals surface area contributed by atoms with E-state index in [1.807, 2.05) is 6.92 Å². The van der Waals surface area contributed by atoms with Crippen LogP contribution in [-0.2, 0) is 6.54 Å². The summed E-state index contributed by atoms with van der Waals surface area (Å²) in [6.07, 6.45) is 0. The Morgan fingerprint density at radius 3 is 2.82 bits per heavy atom. The molecule has 0 aliphatic carbocycles. The summed E-state index contributed by atoms with van der Waals surface area (Å²) in [6, 6.07) is 6.34. The number of nitrogens with zero attached hydrogens (tertiary/aromatic N) is 1. The third-order valence-corrected chi connectivity index (χ3v) is 3.44. The van der Waals surface area contributed by atoms with Crippen LogP contribution < -0.4 is 5.32 Å². The molecule has 1 aromatic carbocycles. The highest BCUT2D eigenvalue weighted by molar-refractivity contribution is 7.08. The Morgan fingerprint density at radius 1 is 1.41 bits per heavy atom. The van der Waals surface area contributed by atoms with Crippen LogP contribution in [0.5, 0.6) is 0 Å². The van der Waals surface area contributed by atoms with Crippen molar-refractivity contribution in [3.8, 4) is 6.07 Å². The molecule has 4 heteroatoms. The van der Waals surface area contributed by atoms with Crippen LogP contribution in [0.1, 0.15) is 16.7 Å². The lowest BCUT2D eigenvalue weighted by Crippen LogP contribution is -2.00. The van der Waals surface area contributed by atoms with Gasteiger partial charge in [0.05, 0.1) is 5.56 Å². The van der Waals surface area contributed by atoms with Crippen LogP contribution in [0.3, 0.4) is 0 Å². The van der Waals surface area contributed by atoms with Gasteiger partial charge in [-0.2, -0.15) is 16.6 Å². The number of anilines is 1. The molecule has 17 heavy (non-hydrogen) atoms. The van der Waals surface area contributed by atoms with Crippen molar-refractivity contribution in [3.63, 3.8) is 0 Å². The third-order valence-electron chi connectivity index (χ3n) is 2.53. The summed E-state index contributed by atoms with van der Waals surface area (Å²) in [4.78, 5) is 0. The van der Waals surface area contributed by atoms with E-state index < -0.39 is 5.82 Å². The van der Waals surface area contributed by atoms with Crippen LogP contribution >= 0.6 is 11.3 Å². The minimum Gasteiger partial charge on any atom is -0.381 e. The summed E-state index contributed by atoms with van der Waals surface area (Å²) in [5, 5.41) is 15.9. The maximum atomic E-state index is 13.3. The molecule has 0 atom stereocenters. The second-order valence-corrected chi connectivity index (χ2v) is 4.48. The largest absolute Gasteiger partial charge is 0.381 e. The van der Waals surface area contributed by atoms with Gasteiger partial charge >= 0.3 is 0 Å². The Balaban J connectivity index is 2.08. The summed E-state index contributed by atoms with van der Waals surface area (Å²) in [6.45, 7) is 2.72. The van der Waals surface area contributed by atoms with E-state index in [9.17, 15) is 4.39 Å². The molecule has 86 valence electrons. The molecule has 0 unspecified atom stereocenters. The lowest BCUT2D eigenvalue weighted by Gasteiger charge is -2.06. The van der Waals surface area contributed by atoms with Gasteiger partial charge in [-0.1, -0.05) is 0 Å². The van der Waals surface area contributed by atoms with Crippen molar-refractivity contribution in [2.24, 2.45) is 0 Å². The van der Waals surface area contributed by atoms with Gasteiger partial charge < -0.3 is 5.32 Å². The average Bonchev–Trinajstić information content (AvgIpc) is 2.72. The fraction of sp³-hybridized carbons (Fsp3) is 0.154. The van der Waals surface area contributed by atoms with Crippen LogP contribution in [-0.4, -0.2) is 0 Å². The maximum Gasteiger partial charge on any atom is 0.143 e. The first-order chi connectivity index (χ1) is 8.20. The van der Waals surface area contributed by atoms with Gasteiger partial charge in [0.15, 0.2) is 0 Å². The highest BCUT2D eigenvalue weighted by Crippen LogP contribution is 2.18. The molecule has 0 saturated carbocycles. The Labute approximate surface area is 103 Å². The van der Waals surface area contributed by atoms with E-state index >= 15 is 0 Å². The van der Waals surface area contributed by atoms with E-state index in [1.54, 1.807) is 23.5 Å². The fourth-order valence-corrected chi connectivity index (χ4v) is 2.34. The van der Waals surface area contributed by atoms with E-state index in [4.69, 9.17) is 5.26 Å². The second kappa shape index (κ2) is 4.98. The van der Waals surface area contributed by atoms with Crippen LogP contribution in [0.2, 0.25) is 0 Å². The quantitative estimate of drug-likeness (QED) is 0.896. The van der Waals surface area contributed by atoms with Gasteiger partial charge in [-0.15, -0.1) is 0 Å². The molecule has 0 saturated heterocycles. The highest BCUT2D eigenvalue weighted by Gasteiger charge is 2.03. The molecule has 0 fully saturated rings. The Hall–Kier alpha value is -1.86. The molecule has 0 spiro atoms. The zero-order valence-corrected chi connectivity index (χ0v) is 10.1. The second-order valence-electron chi connectivity index (χ2n) is 3.74. The van der Waals surface area contributed by atoms with Gasteiger partial charge in [0, 0.05) is 12.2 Å². The lowest BCUT2D eigenvalue weighted by molar-refractivity contribution is 0.624. The van der Waals surface area contributed by atoms with Gasteiger partial charge in [0.1, 0.15) is 11.9 Å². The van der Waals surface area contributed by atoms with Crippen LogP contribution in [0.25, 0.3) is 0 Å². The molecular weight excluding hydrogens is 235 g/mol. The van der Waals surface area contributed by atoms with Crippen molar-refractivity contribution >= 4 is 17.0 Å². The lowest BCUT2D eigenvalue weighted by atomic mass is 10.2. The molecule has 0 aliphatic rings. The minimum absolute atomic E-state index is 0.0715. The first-order valence-corrected chi connectivity index (χ1v) is 6.10. The van der Waals surface area contributed by atoms with Crippen molar-refractivity contribution in [1.82, 2.24) is 0 Å². The molecule has 1 N–H and O–H groups in total. The molecule has 0 bridgehead atoms. The molecule has 2 rings (SSSR count). The number of hydrogen-bond donors (Lipinski definition) is 1. The zero-order chi connectivity index (χ0) is 12.3. The Bertz CT molecular complexity index is 569. The summed E-state index contributed by atoms with van der Waals surface area (Å²) < 4.78 is 13.3. The van der Waals surface area contributed by atoms with Crippen molar-refractivity contribution < 1.29 is 4.39 Å². The van der Waals surface area contributed by atoms with Crippen molar-refractivity contribution in [2.45, 2.75) is 13.5 Å². The zero-order valence-electron chi connectivity index (χ0n) is 9.33. The SMILES string of the molecule is Cc1cscc1CNc1ccc(C#N)c(F)c1. The molecule has 0 radical (unpaired) electrons. The Kier molecular flexibility index (Phi) is 3.40. The molecule has 1 aromatic heterocycles. The fourth-order valence-electron chi connectivity index (χ4n) is 1.48. The van der Waals surface area contributed by atoms with E-state index in [0.29, 0.717) is 12.2 Å². The van der Waals surface area contributed by atoms with E-state index in [0.717, 1.165) is 0 Å². The molecule has 2 nitrogen and oxygen atoms in total. The number of thiophene rings is 1. The van der Waals surface area contributed by atoms with Gasteiger partial charge in [0.25, 0.3) is 0 Å². The molecule has 1 heterocycles. The number of nitriles is 1. The van der Waals surface area contributed by atoms with Gasteiger partial charge in [-0.3, -0.25) is 0 Å². The first kappa shape index (κ1) is 11.6. The number of nitrogens with one attached hydrogen (secondary N) is 1. The first-order valence-electron chi connectivity index (χ1n) is 5.16. The maximum absolute atomic E-state index is 13.3. The summed E-state index contributed by atoms with van der Waals surface area (Å²) >= 11 is 1.65. The number of halogens is 1. The van der Waals surface area contributed by atoms with Gasteiger partial charge in [0.2, 0.25) is 0 Å². The van der Waals surface area contributed by atoms with Gasteiger partial charge in [-0.25, -0.2) is 4.39 Å². The average molecular weight is 246 g/mol. The Morgan fingerprint density at radius 2 is 2.24 bits per heavy atom. The predicted octanol–water partition coefficient (Wildman–Crippen LogP) is 3.68. The van der Waals surface area contributed by atoms with Crippen LogP contribution in [0.15, 0.2) is 29.0 Å². The molecule has 2 aromatic rings. The number of aryl methyl sites for hydroxylation is 1. The normalized spacial score (nSPS) is 9.94.